The predicted octanol–water partition coefficient (Wildman–Crippen LogP) is -0.352. The van der Waals surface area contributed by atoms with Gasteiger partial charge in [0.2, 0.25) is 0 Å². The van der Waals surface area contributed by atoms with Crippen LogP contribution >= 0.6 is 0 Å². The molecule has 156 valence electrons. The van der Waals surface area contributed by atoms with Gasteiger partial charge in [-0.3, -0.25) is 4.79 Å². The van der Waals surface area contributed by atoms with Crippen molar-refractivity contribution in [3.63, 3.8) is 0 Å². The maximum atomic E-state index is 12.5. The second-order valence-electron chi connectivity index (χ2n) is 8.16. The maximum absolute atomic E-state index is 12.5. The number of rotatable bonds is 6. The van der Waals surface area contributed by atoms with E-state index in [1.807, 2.05) is 13.8 Å². The van der Waals surface area contributed by atoms with Gasteiger partial charge in [-0.05, 0) is 32.3 Å². The molecule has 0 unspecified atom stereocenters. The van der Waals surface area contributed by atoms with Crippen LogP contribution in [0, 0.1) is 5.41 Å². The Hall–Kier alpha value is -0.870. The molecule has 1 heterocycles. The molecule has 0 radical (unpaired) electrons. The smallest absolute Gasteiger partial charge is 0.187 e. The van der Waals surface area contributed by atoms with Crippen molar-refractivity contribution in [3.8, 4) is 0 Å². The SMILES string of the molecule is CC1=C(CC[C@@H](C)O)C(C)(C)[C@@H](O[C@@H]2O[C@H](CO)[C@H](O)[C@H](O)[C@H]2O)CC1=O. The van der Waals surface area contributed by atoms with E-state index in [2.05, 4.69) is 0 Å². The maximum Gasteiger partial charge on any atom is 0.187 e. The molecule has 5 N–H and O–H groups in total. The average molecular weight is 388 g/mol. The van der Waals surface area contributed by atoms with Crippen molar-refractivity contribution >= 4 is 5.78 Å². The molecule has 0 saturated carbocycles. The fourth-order valence-corrected chi connectivity index (χ4v) is 3.85. The number of aliphatic hydroxyl groups is 5. The van der Waals surface area contributed by atoms with Crippen molar-refractivity contribution in [3.05, 3.63) is 11.1 Å². The van der Waals surface area contributed by atoms with Gasteiger partial charge in [-0.25, -0.2) is 0 Å². The zero-order valence-corrected chi connectivity index (χ0v) is 16.3. The van der Waals surface area contributed by atoms with Gasteiger partial charge in [-0.15, -0.1) is 0 Å². The molecule has 0 spiro atoms. The van der Waals surface area contributed by atoms with Gasteiger partial charge >= 0.3 is 0 Å². The summed E-state index contributed by atoms with van der Waals surface area (Å²) in [7, 11) is 0. The van der Waals surface area contributed by atoms with Gasteiger partial charge in [0.15, 0.2) is 12.1 Å². The van der Waals surface area contributed by atoms with Crippen LogP contribution < -0.4 is 0 Å². The lowest BCUT2D eigenvalue weighted by Gasteiger charge is -2.46. The largest absolute Gasteiger partial charge is 0.394 e. The van der Waals surface area contributed by atoms with E-state index in [1.54, 1.807) is 13.8 Å². The Morgan fingerprint density at radius 2 is 1.85 bits per heavy atom. The third-order valence-electron chi connectivity index (χ3n) is 5.78. The molecule has 0 aromatic carbocycles. The average Bonchev–Trinajstić information content (AvgIpc) is 2.59. The van der Waals surface area contributed by atoms with E-state index in [4.69, 9.17) is 9.47 Å². The first-order chi connectivity index (χ1) is 12.5. The molecule has 7 atom stereocenters. The third-order valence-corrected chi connectivity index (χ3v) is 5.78. The summed E-state index contributed by atoms with van der Waals surface area (Å²) in [6.45, 7) is 6.77. The fourth-order valence-electron chi connectivity index (χ4n) is 3.85. The van der Waals surface area contributed by atoms with Crippen molar-refractivity contribution in [1.82, 2.24) is 0 Å². The van der Waals surface area contributed by atoms with E-state index in [-0.39, 0.29) is 12.2 Å². The summed E-state index contributed by atoms with van der Waals surface area (Å²) in [6, 6.07) is 0. The molecular weight excluding hydrogens is 356 g/mol. The summed E-state index contributed by atoms with van der Waals surface area (Å²) >= 11 is 0. The highest BCUT2D eigenvalue weighted by Gasteiger charge is 2.48. The first-order valence-electron chi connectivity index (χ1n) is 9.38. The molecule has 8 nitrogen and oxygen atoms in total. The molecule has 2 aliphatic rings. The number of hydrogen-bond acceptors (Lipinski definition) is 8. The summed E-state index contributed by atoms with van der Waals surface area (Å²) in [5.41, 5.74) is 0.981. The molecular formula is C19H32O8. The number of aliphatic hydroxyl groups excluding tert-OH is 5. The molecule has 1 aliphatic carbocycles. The Labute approximate surface area is 159 Å². The monoisotopic (exact) mass is 388 g/mol. The quantitative estimate of drug-likeness (QED) is 0.416. The molecule has 0 amide bonds. The van der Waals surface area contributed by atoms with Crippen molar-refractivity contribution < 1.29 is 39.8 Å². The summed E-state index contributed by atoms with van der Waals surface area (Å²) < 4.78 is 11.3. The van der Waals surface area contributed by atoms with Gasteiger partial charge in [0.25, 0.3) is 0 Å². The van der Waals surface area contributed by atoms with Crippen molar-refractivity contribution in [2.24, 2.45) is 5.41 Å². The minimum absolute atomic E-state index is 0.0792. The van der Waals surface area contributed by atoms with E-state index in [1.165, 1.54) is 0 Å². The third kappa shape index (κ3) is 4.59. The summed E-state index contributed by atoms with van der Waals surface area (Å²) in [4.78, 5) is 12.5. The molecule has 27 heavy (non-hydrogen) atoms. The molecule has 1 fully saturated rings. The number of Topliss-reactive ketones (excluding diaryl/α,β-unsaturated/α-hetero) is 1. The van der Waals surface area contributed by atoms with Crippen molar-refractivity contribution in [2.45, 2.75) is 89.9 Å². The second kappa shape index (κ2) is 8.65. The highest BCUT2D eigenvalue weighted by atomic mass is 16.7. The Bertz CT molecular complexity index is 568. The molecule has 1 saturated heterocycles. The lowest BCUT2D eigenvalue weighted by molar-refractivity contribution is -0.317. The van der Waals surface area contributed by atoms with Crippen LogP contribution in [0.3, 0.4) is 0 Å². The number of carbonyl (C=O) groups excluding carboxylic acids is 1. The van der Waals surface area contributed by atoms with Gasteiger partial charge in [-0.2, -0.15) is 0 Å². The zero-order valence-electron chi connectivity index (χ0n) is 16.3. The van der Waals surface area contributed by atoms with Crippen molar-refractivity contribution in [2.75, 3.05) is 6.61 Å². The number of ketones is 1. The minimum atomic E-state index is -1.53. The number of hydrogen-bond donors (Lipinski definition) is 5. The van der Waals surface area contributed by atoms with Crippen molar-refractivity contribution in [1.29, 1.82) is 0 Å². The van der Waals surface area contributed by atoms with Gasteiger partial charge in [-0.1, -0.05) is 19.4 Å². The molecule has 1 aliphatic heterocycles. The zero-order chi connectivity index (χ0) is 20.5. The van der Waals surface area contributed by atoms with Crippen LogP contribution in [0.1, 0.15) is 47.0 Å². The topological polar surface area (TPSA) is 137 Å². The number of ether oxygens (including phenoxy) is 2. The summed E-state index contributed by atoms with van der Waals surface area (Å²) in [6.07, 6.45) is -6.84. The molecule has 0 bridgehead atoms. The van der Waals surface area contributed by atoms with Gasteiger partial charge in [0, 0.05) is 11.8 Å². The molecule has 0 aromatic heterocycles. The van der Waals surface area contributed by atoms with E-state index >= 15 is 0 Å². The number of carbonyl (C=O) groups is 1. The lowest BCUT2D eigenvalue weighted by Crippen LogP contribution is -2.60. The van der Waals surface area contributed by atoms with Crippen LogP contribution in [0.5, 0.6) is 0 Å². The van der Waals surface area contributed by atoms with E-state index in [0.29, 0.717) is 18.4 Å². The number of allylic oxidation sites excluding steroid dienone is 1. The van der Waals surface area contributed by atoms with Crippen LogP contribution in [-0.2, 0) is 14.3 Å². The van der Waals surface area contributed by atoms with Gasteiger partial charge in [0.05, 0.1) is 18.8 Å². The molecule has 0 aromatic rings. The first-order valence-corrected chi connectivity index (χ1v) is 9.38. The van der Waals surface area contributed by atoms with Gasteiger partial charge < -0.3 is 35.0 Å². The Balaban J connectivity index is 2.21. The highest BCUT2D eigenvalue weighted by molar-refractivity contribution is 5.97. The van der Waals surface area contributed by atoms with Gasteiger partial charge in [0.1, 0.15) is 24.4 Å². The van der Waals surface area contributed by atoms with E-state index < -0.39 is 54.9 Å². The lowest BCUT2D eigenvalue weighted by atomic mass is 9.68. The van der Waals surface area contributed by atoms with Crippen LogP contribution in [-0.4, -0.2) is 80.8 Å². The predicted molar refractivity (Wildman–Crippen MR) is 95.7 cm³/mol. The Morgan fingerprint density at radius 1 is 1.22 bits per heavy atom. The second-order valence-corrected chi connectivity index (χ2v) is 8.16. The normalized spacial score (nSPS) is 38.2. The van der Waals surface area contributed by atoms with Crippen LogP contribution in [0.15, 0.2) is 11.1 Å². The van der Waals surface area contributed by atoms with E-state index in [0.717, 1.165) is 5.57 Å². The van der Waals surface area contributed by atoms with Crippen LogP contribution in [0.2, 0.25) is 0 Å². The van der Waals surface area contributed by atoms with Crippen LogP contribution in [0.25, 0.3) is 0 Å². The first kappa shape index (κ1) is 22.4. The Kier molecular flexibility index (Phi) is 7.18. The summed E-state index contributed by atoms with van der Waals surface area (Å²) in [5, 5.41) is 49.0. The standard InChI is InChI=1S/C19H32O8/c1-9(21)5-6-11-10(2)12(22)7-14(19(11,3)4)27-18-17(25)16(24)15(23)13(8-20)26-18/h9,13-18,20-21,23-25H,5-8H2,1-4H3/t9-,13-,14+,15+,16+,17-,18+/m1/s1. The van der Waals surface area contributed by atoms with E-state index in [9.17, 15) is 30.3 Å². The summed E-state index contributed by atoms with van der Waals surface area (Å²) in [5.74, 6) is -0.0792. The molecule has 2 rings (SSSR count). The minimum Gasteiger partial charge on any atom is -0.394 e. The van der Waals surface area contributed by atoms with Crippen LogP contribution in [0.4, 0.5) is 0 Å². The fraction of sp³-hybridized carbons (Fsp3) is 0.842. The molecule has 8 heteroatoms. The Morgan fingerprint density at radius 3 is 2.41 bits per heavy atom. The highest BCUT2D eigenvalue weighted by Crippen LogP contribution is 2.44.